The van der Waals surface area contributed by atoms with E-state index < -0.39 is 0 Å². The zero-order valence-electron chi connectivity index (χ0n) is 10.8. The third kappa shape index (κ3) is 1.85. The molecule has 1 fully saturated rings. The first-order valence-electron chi connectivity index (χ1n) is 6.86. The van der Waals surface area contributed by atoms with E-state index >= 15 is 0 Å². The van der Waals surface area contributed by atoms with Gasteiger partial charge in [-0.25, -0.2) is 5.01 Å². The van der Waals surface area contributed by atoms with Gasteiger partial charge in [0.1, 0.15) is 0 Å². The second-order valence-electron chi connectivity index (χ2n) is 5.60. The van der Waals surface area contributed by atoms with Gasteiger partial charge in [0.25, 0.3) is 0 Å². The molecule has 0 aromatic heterocycles. The van der Waals surface area contributed by atoms with E-state index in [1.807, 2.05) is 6.07 Å². The Morgan fingerprint density at radius 1 is 1.22 bits per heavy atom. The quantitative estimate of drug-likeness (QED) is 0.699. The second-order valence-corrected chi connectivity index (χ2v) is 5.60. The first-order valence-corrected chi connectivity index (χ1v) is 6.86. The zero-order chi connectivity index (χ0) is 12.6. The minimum atomic E-state index is 0.131. The molecule has 1 aromatic carbocycles. The molecule has 1 aliphatic heterocycles. The SMILES string of the molecule is NCC1(N2Cc3cc(N)ccc3N2)CCCCC1. The Bertz CT molecular complexity index is 437. The van der Waals surface area contributed by atoms with E-state index in [2.05, 4.69) is 22.6 Å². The summed E-state index contributed by atoms with van der Waals surface area (Å²) in [4.78, 5) is 0. The maximum absolute atomic E-state index is 6.08. The largest absolute Gasteiger partial charge is 0.399 e. The van der Waals surface area contributed by atoms with Crippen LogP contribution in [0.5, 0.6) is 0 Å². The van der Waals surface area contributed by atoms with Crippen LogP contribution in [0.3, 0.4) is 0 Å². The van der Waals surface area contributed by atoms with Crippen LogP contribution in [0.15, 0.2) is 18.2 Å². The minimum Gasteiger partial charge on any atom is -0.399 e. The lowest BCUT2D eigenvalue weighted by Crippen LogP contribution is -2.55. The highest BCUT2D eigenvalue weighted by molar-refractivity contribution is 5.60. The Hall–Kier alpha value is -1.26. The van der Waals surface area contributed by atoms with Crippen LogP contribution < -0.4 is 16.9 Å². The summed E-state index contributed by atoms with van der Waals surface area (Å²) in [6.45, 7) is 1.64. The van der Waals surface area contributed by atoms with Gasteiger partial charge in [-0.2, -0.15) is 0 Å². The van der Waals surface area contributed by atoms with E-state index in [4.69, 9.17) is 11.5 Å². The first kappa shape index (κ1) is 11.8. The van der Waals surface area contributed by atoms with Crippen molar-refractivity contribution >= 4 is 11.4 Å². The van der Waals surface area contributed by atoms with Gasteiger partial charge in [0.15, 0.2) is 0 Å². The molecule has 1 heterocycles. The topological polar surface area (TPSA) is 67.3 Å². The fraction of sp³-hybridized carbons (Fsp3) is 0.571. The summed E-state index contributed by atoms with van der Waals surface area (Å²) >= 11 is 0. The van der Waals surface area contributed by atoms with Gasteiger partial charge in [-0.15, -0.1) is 0 Å². The van der Waals surface area contributed by atoms with Gasteiger partial charge < -0.3 is 16.9 Å². The lowest BCUT2D eigenvalue weighted by molar-refractivity contribution is 0.0826. The molecule has 0 atom stereocenters. The van der Waals surface area contributed by atoms with Crippen LogP contribution >= 0.6 is 0 Å². The van der Waals surface area contributed by atoms with Crippen molar-refractivity contribution in [1.29, 1.82) is 0 Å². The van der Waals surface area contributed by atoms with Crippen molar-refractivity contribution < 1.29 is 0 Å². The molecule has 2 aliphatic rings. The highest BCUT2D eigenvalue weighted by atomic mass is 15.6. The first-order chi connectivity index (χ1) is 8.73. The molecule has 3 rings (SSSR count). The van der Waals surface area contributed by atoms with Gasteiger partial charge in [0.2, 0.25) is 0 Å². The number of fused-ring (bicyclic) bond motifs is 1. The summed E-state index contributed by atoms with van der Waals surface area (Å²) in [5.41, 5.74) is 18.9. The van der Waals surface area contributed by atoms with Crippen molar-refractivity contribution in [3.8, 4) is 0 Å². The van der Waals surface area contributed by atoms with Gasteiger partial charge >= 0.3 is 0 Å². The molecule has 1 aliphatic carbocycles. The predicted octanol–water partition coefficient (Wildman–Crippen LogP) is 2.07. The molecule has 4 nitrogen and oxygen atoms in total. The second kappa shape index (κ2) is 4.44. The molecule has 0 saturated heterocycles. The fourth-order valence-corrected chi connectivity index (χ4v) is 3.29. The van der Waals surface area contributed by atoms with Crippen LogP contribution in [0.2, 0.25) is 0 Å². The molecule has 0 amide bonds. The molecule has 4 heteroatoms. The highest BCUT2D eigenvalue weighted by Crippen LogP contribution is 2.38. The van der Waals surface area contributed by atoms with E-state index in [0.717, 1.165) is 18.8 Å². The molecular formula is C14H22N4. The maximum Gasteiger partial charge on any atom is 0.0537 e. The average molecular weight is 246 g/mol. The van der Waals surface area contributed by atoms with Gasteiger partial charge in [0, 0.05) is 18.8 Å². The van der Waals surface area contributed by atoms with Gasteiger partial charge in [0.05, 0.1) is 11.2 Å². The monoisotopic (exact) mass is 246 g/mol. The lowest BCUT2D eigenvalue weighted by atomic mass is 9.81. The van der Waals surface area contributed by atoms with Crippen molar-refractivity contribution in [3.63, 3.8) is 0 Å². The van der Waals surface area contributed by atoms with Crippen molar-refractivity contribution in [2.45, 2.75) is 44.2 Å². The molecule has 0 bridgehead atoms. The van der Waals surface area contributed by atoms with E-state index in [9.17, 15) is 0 Å². The molecule has 0 radical (unpaired) electrons. The van der Waals surface area contributed by atoms with Gasteiger partial charge in [-0.3, -0.25) is 0 Å². The van der Waals surface area contributed by atoms with E-state index in [-0.39, 0.29) is 5.54 Å². The maximum atomic E-state index is 6.08. The molecule has 0 spiro atoms. The summed E-state index contributed by atoms with van der Waals surface area (Å²) < 4.78 is 0. The van der Waals surface area contributed by atoms with Crippen molar-refractivity contribution in [2.75, 3.05) is 17.7 Å². The summed E-state index contributed by atoms with van der Waals surface area (Å²) in [7, 11) is 0. The number of anilines is 2. The van der Waals surface area contributed by atoms with Crippen LogP contribution in [-0.4, -0.2) is 17.1 Å². The van der Waals surface area contributed by atoms with Gasteiger partial charge in [-0.05, 0) is 36.6 Å². The summed E-state index contributed by atoms with van der Waals surface area (Å²) in [5.74, 6) is 0. The number of nitrogens with one attached hydrogen (secondary N) is 1. The number of hydrazine groups is 1. The number of rotatable bonds is 2. The van der Waals surface area contributed by atoms with Crippen LogP contribution in [0.1, 0.15) is 37.7 Å². The average Bonchev–Trinajstić information content (AvgIpc) is 2.83. The Labute approximate surface area is 108 Å². The van der Waals surface area contributed by atoms with E-state index in [1.54, 1.807) is 0 Å². The lowest BCUT2D eigenvalue weighted by Gasteiger charge is -2.43. The predicted molar refractivity (Wildman–Crippen MR) is 74.9 cm³/mol. The van der Waals surface area contributed by atoms with Gasteiger partial charge in [-0.1, -0.05) is 19.3 Å². The number of nitrogen functional groups attached to an aromatic ring is 1. The number of nitrogens with two attached hydrogens (primary N) is 2. The minimum absolute atomic E-state index is 0.131. The third-order valence-corrected chi connectivity index (χ3v) is 4.45. The van der Waals surface area contributed by atoms with Crippen molar-refractivity contribution in [3.05, 3.63) is 23.8 Å². The molecule has 98 valence electrons. The number of benzene rings is 1. The van der Waals surface area contributed by atoms with Crippen LogP contribution in [0, 0.1) is 0 Å². The Balaban J connectivity index is 1.83. The van der Waals surface area contributed by atoms with Crippen LogP contribution in [-0.2, 0) is 6.54 Å². The van der Waals surface area contributed by atoms with Crippen LogP contribution in [0.4, 0.5) is 11.4 Å². The molecule has 1 saturated carbocycles. The molecule has 0 unspecified atom stereocenters. The highest BCUT2D eigenvalue weighted by Gasteiger charge is 2.39. The number of nitrogens with zero attached hydrogens (tertiary/aromatic N) is 1. The number of hydrogen-bond donors (Lipinski definition) is 3. The third-order valence-electron chi connectivity index (χ3n) is 4.45. The molecule has 1 aromatic rings. The molecule has 5 N–H and O–H groups in total. The summed E-state index contributed by atoms with van der Waals surface area (Å²) in [6, 6.07) is 6.08. The van der Waals surface area contributed by atoms with Crippen molar-refractivity contribution in [1.82, 2.24) is 5.01 Å². The van der Waals surface area contributed by atoms with E-state index in [0.29, 0.717) is 0 Å². The zero-order valence-corrected chi connectivity index (χ0v) is 10.8. The van der Waals surface area contributed by atoms with E-state index in [1.165, 1.54) is 43.4 Å². The fourth-order valence-electron chi connectivity index (χ4n) is 3.29. The standard InChI is InChI=1S/C14H22N4/c15-10-14(6-2-1-3-7-14)18-9-11-8-12(16)4-5-13(11)17-18/h4-5,8,17H,1-3,6-7,9-10,15-16H2. The normalized spacial score (nSPS) is 22.5. The van der Waals surface area contributed by atoms with Crippen LogP contribution in [0.25, 0.3) is 0 Å². The Kier molecular flexibility index (Phi) is 2.92. The number of hydrogen-bond acceptors (Lipinski definition) is 4. The molecule has 18 heavy (non-hydrogen) atoms. The Morgan fingerprint density at radius 3 is 2.72 bits per heavy atom. The smallest absolute Gasteiger partial charge is 0.0537 e. The summed E-state index contributed by atoms with van der Waals surface area (Å²) in [5, 5.41) is 2.34. The van der Waals surface area contributed by atoms with Crippen molar-refractivity contribution in [2.24, 2.45) is 5.73 Å². The molecular weight excluding hydrogens is 224 g/mol. The summed E-state index contributed by atoms with van der Waals surface area (Å²) in [6.07, 6.45) is 6.30. The Morgan fingerprint density at radius 2 is 2.00 bits per heavy atom.